The molecule has 11 rings (SSSR count). The minimum absolute atomic E-state index is 0.235. The zero-order valence-electron chi connectivity index (χ0n) is 52.3. The summed E-state index contributed by atoms with van der Waals surface area (Å²) in [5.41, 5.74) is 4.05. The van der Waals surface area contributed by atoms with Crippen LogP contribution in [0.2, 0.25) is 0 Å². The molecule has 0 spiro atoms. The third-order valence-electron chi connectivity index (χ3n) is 27.2. The molecule has 0 aromatic heterocycles. The topological polar surface area (TPSA) is 34.1 Å². The standard InChI is InChI=1S/C78H120O2/c1-5-9-13-17-21-31-43-77(44-32-22-18-14-10-6-2)71-47-57(55-35-27-25-28-36-55)39-41-59(71)65-51-69-63(53-73(65)77)61-49-68-62(50-67(61)75(69)79)64-54-74-66(52-70(64)76(68)80)60-42-40-58(56-37-29-26-30-38-56)48-72(60)78(74,45-33-23-19-15-11-7-3)46-34-24-20-16-12-8-4/h25-30,35-38,57-74H,5-24,31-34,39-54H2,1-4H3. The molecular formula is C78H120O2. The first-order chi connectivity index (χ1) is 39.4. The number of carbonyl (C=O) groups excluding carboxylic acids is 2. The lowest BCUT2D eigenvalue weighted by Crippen LogP contribution is -2.41. The summed E-state index contributed by atoms with van der Waals surface area (Å²) in [5.74, 6) is 12.1. The molecule has 9 saturated carbocycles. The molecule has 0 N–H and O–H groups in total. The predicted molar refractivity (Wildman–Crippen MR) is 336 cm³/mol. The van der Waals surface area contributed by atoms with E-state index in [0.29, 0.717) is 46.3 Å². The number of rotatable bonds is 30. The van der Waals surface area contributed by atoms with Gasteiger partial charge in [0.1, 0.15) is 11.6 Å². The van der Waals surface area contributed by atoms with E-state index in [9.17, 15) is 0 Å². The Balaban J connectivity index is 0.860. The predicted octanol–water partition coefficient (Wildman–Crippen LogP) is 22.3. The van der Waals surface area contributed by atoms with Gasteiger partial charge in [0, 0.05) is 23.7 Å². The van der Waals surface area contributed by atoms with E-state index < -0.39 is 0 Å². The van der Waals surface area contributed by atoms with Crippen molar-refractivity contribution in [2.45, 2.75) is 296 Å². The molecule has 0 heterocycles. The van der Waals surface area contributed by atoms with E-state index in [1.165, 1.54) is 244 Å². The molecular weight excluding hydrogens is 969 g/mol. The van der Waals surface area contributed by atoms with Gasteiger partial charge < -0.3 is 0 Å². The molecule has 2 heteroatoms. The molecule has 9 fully saturated rings. The van der Waals surface area contributed by atoms with E-state index in [-0.39, 0.29) is 23.7 Å². The second-order valence-corrected chi connectivity index (χ2v) is 30.8. The lowest BCUT2D eigenvalue weighted by atomic mass is 9.56. The van der Waals surface area contributed by atoms with Gasteiger partial charge >= 0.3 is 0 Å². The zero-order chi connectivity index (χ0) is 55.1. The first-order valence-corrected chi connectivity index (χ1v) is 36.5. The fourth-order valence-corrected chi connectivity index (χ4v) is 23.8. The summed E-state index contributed by atoms with van der Waals surface area (Å²) in [7, 11) is 0. The number of carbonyl (C=O) groups is 2. The van der Waals surface area contributed by atoms with Gasteiger partial charge in [-0.2, -0.15) is 0 Å². The van der Waals surface area contributed by atoms with Crippen LogP contribution in [0.3, 0.4) is 0 Å². The van der Waals surface area contributed by atoms with Crippen LogP contribution in [0.25, 0.3) is 0 Å². The summed E-state index contributed by atoms with van der Waals surface area (Å²) in [6.07, 6.45) is 54.7. The van der Waals surface area contributed by atoms with Crippen molar-refractivity contribution in [3.05, 3.63) is 71.8 Å². The molecule has 0 saturated heterocycles. The number of benzene rings is 2. The van der Waals surface area contributed by atoms with Gasteiger partial charge in [0.15, 0.2) is 0 Å². The van der Waals surface area contributed by atoms with Gasteiger partial charge in [-0.15, -0.1) is 0 Å². The van der Waals surface area contributed by atoms with Crippen molar-refractivity contribution in [1.29, 1.82) is 0 Å². The molecule has 0 amide bonds. The quantitative estimate of drug-likeness (QED) is 0.0731. The molecule has 2 aromatic carbocycles. The monoisotopic (exact) mass is 1090 g/mol. The van der Waals surface area contributed by atoms with Crippen LogP contribution in [0, 0.1) is 106 Å². The van der Waals surface area contributed by atoms with E-state index >= 15 is 9.59 Å². The molecule has 9 aliphatic rings. The Morgan fingerprint density at radius 2 is 0.575 bits per heavy atom. The molecule has 9 aliphatic carbocycles. The Bertz CT molecular complexity index is 2020. The third kappa shape index (κ3) is 12.0. The first-order valence-electron chi connectivity index (χ1n) is 36.5. The summed E-state index contributed by atoms with van der Waals surface area (Å²) in [4.78, 5) is 31.4. The van der Waals surface area contributed by atoms with E-state index in [0.717, 1.165) is 71.8 Å². The van der Waals surface area contributed by atoms with Crippen LogP contribution in [0.15, 0.2) is 60.7 Å². The van der Waals surface area contributed by atoms with E-state index in [1.807, 2.05) is 0 Å². The molecule has 2 aromatic rings. The molecule has 444 valence electrons. The Labute approximate surface area is 492 Å². The van der Waals surface area contributed by atoms with Crippen LogP contribution in [0.5, 0.6) is 0 Å². The highest BCUT2D eigenvalue weighted by Gasteiger charge is 2.70. The molecule has 18 atom stereocenters. The van der Waals surface area contributed by atoms with Crippen molar-refractivity contribution in [3.63, 3.8) is 0 Å². The third-order valence-corrected chi connectivity index (χ3v) is 27.2. The van der Waals surface area contributed by atoms with Crippen molar-refractivity contribution in [1.82, 2.24) is 0 Å². The summed E-state index contributed by atoms with van der Waals surface area (Å²) >= 11 is 0. The lowest BCUT2D eigenvalue weighted by Gasteiger charge is -2.49. The Morgan fingerprint density at radius 1 is 0.300 bits per heavy atom. The Hall–Kier alpha value is -2.22. The highest BCUT2D eigenvalue weighted by atomic mass is 16.1. The van der Waals surface area contributed by atoms with Crippen LogP contribution in [0.4, 0.5) is 0 Å². The summed E-state index contributed by atoms with van der Waals surface area (Å²) in [6, 6.07) is 23.5. The van der Waals surface area contributed by atoms with Crippen LogP contribution >= 0.6 is 0 Å². The molecule has 80 heavy (non-hydrogen) atoms. The maximum Gasteiger partial charge on any atom is 0.139 e. The molecule has 0 bridgehead atoms. The fourth-order valence-electron chi connectivity index (χ4n) is 23.8. The second kappa shape index (κ2) is 27.9. The van der Waals surface area contributed by atoms with Crippen LogP contribution in [0.1, 0.15) is 307 Å². The Morgan fingerprint density at radius 3 is 0.900 bits per heavy atom. The van der Waals surface area contributed by atoms with E-state index in [4.69, 9.17) is 0 Å². The summed E-state index contributed by atoms with van der Waals surface area (Å²) in [6.45, 7) is 9.47. The van der Waals surface area contributed by atoms with Crippen molar-refractivity contribution < 1.29 is 9.59 Å². The van der Waals surface area contributed by atoms with Gasteiger partial charge in [-0.1, -0.05) is 242 Å². The highest BCUT2D eigenvalue weighted by Crippen LogP contribution is 2.75. The summed E-state index contributed by atoms with van der Waals surface area (Å²) < 4.78 is 0. The molecule has 0 radical (unpaired) electrons. The van der Waals surface area contributed by atoms with Gasteiger partial charge in [-0.05, 0) is 208 Å². The van der Waals surface area contributed by atoms with Crippen LogP contribution in [-0.2, 0) is 9.59 Å². The maximum absolute atomic E-state index is 15.7. The number of fused-ring (bicyclic) bond motifs is 12. The number of Topliss-reactive ketones (excluding diaryl/α,β-unsaturated/α-hetero) is 2. The molecule has 18 unspecified atom stereocenters. The summed E-state index contributed by atoms with van der Waals surface area (Å²) in [5, 5.41) is 0. The van der Waals surface area contributed by atoms with Crippen molar-refractivity contribution in [2.24, 2.45) is 106 Å². The first kappa shape index (κ1) is 59.5. The van der Waals surface area contributed by atoms with Crippen LogP contribution < -0.4 is 0 Å². The number of hydrogen-bond acceptors (Lipinski definition) is 2. The fraction of sp³-hybridized carbons (Fsp3) is 0.821. The SMILES string of the molecule is CCCCCCCCC1(CCCCCCCC)C2CC(c3ccccc3)CCC2C2CC3C(=O)C4CC5C(CC4C3CC21)C(=O)C1CC2C3CCC(c4ccccc4)CC3C(CCCCCCCC)(CCCCCCCC)C2CC15. The average molecular weight is 1090 g/mol. The average Bonchev–Trinajstić information content (AvgIpc) is 4.32. The van der Waals surface area contributed by atoms with Gasteiger partial charge in [0.25, 0.3) is 0 Å². The second-order valence-electron chi connectivity index (χ2n) is 30.8. The number of ketones is 2. The van der Waals surface area contributed by atoms with Crippen LogP contribution in [-0.4, -0.2) is 11.6 Å². The number of unbranched alkanes of at least 4 members (excludes halogenated alkanes) is 20. The Kier molecular flexibility index (Phi) is 20.7. The van der Waals surface area contributed by atoms with E-state index in [1.54, 1.807) is 11.1 Å². The van der Waals surface area contributed by atoms with E-state index in [2.05, 4.69) is 88.4 Å². The smallest absolute Gasteiger partial charge is 0.139 e. The maximum atomic E-state index is 15.7. The lowest BCUT2D eigenvalue weighted by molar-refractivity contribution is -0.129. The normalized spacial score (nSPS) is 37.0. The highest BCUT2D eigenvalue weighted by molar-refractivity contribution is 5.90. The zero-order valence-corrected chi connectivity index (χ0v) is 52.3. The van der Waals surface area contributed by atoms with Gasteiger partial charge in [0.2, 0.25) is 0 Å². The van der Waals surface area contributed by atoms with Gasteiger partial charge in [-0.25, -0.2) is 0 Å². The molecule has 2 nitrogen and oxygen atoms in total. The minimum atomic E-state index is 0.235. The van der Waals surface area contributed by atoms with Crippen molar-refractivity contribution in [2.75, 3.05) is 0 Å². The minimum Gasteiger partial charge on any atom is -0.299 e. The largest absolute Gasteiger partial charge is 0.299 e. The number of hydrogen-bond donors (Lipinski definition) is 0. The van der Waals surface area contributed by atoms with Gasteiger partial charge in [-0.3, -0.25) is 9.59 Å². The van der Waals surface area contributed by atoms with Crippen molar-refractivity contribution >= 4 is 11.6 Å². The molecule has 0 aliphatic heterocycles. The van der Waals surface area contributed by atoms with Gasteiger partial charge in [0.05, 0.1) is 0 Å². The van der Waals surface area contributed by atoms with Crippen molar-refractivity contribution in [3.8, 4) is 0 Å².